The van der Waals surface area contributed by atoms with Gasteiger partial charge in [0, 0.05) is 19.6 Å². The molecule has 25 heavy (non-hydrogen) atoms. The monoisotopic (exact) mass is 370 g/mol. The van der Waals surface area contributed by atoms with Gasteiger partial charge in [0.05, 0.1) is 13.0 Å². The van der Waals surface area contributed by atoms with Gasteiger partial charge < -0.3 is 9.84 Å². The lowest BCUT2D eigenvalue weighted by atomic mass is 10.0. The van der Waals surface area contributed by atoms with Crippen molar-refractivity contribution >= 4 is 16.2 Å². The summed E-state index contributed by atoms with van der Waals surface area (Å²) in [4.78, 5) is 11.1. The fourth-order valence-corrected chi connectivity index (χ4v) is 4.36. The van der Waals surface area contributed by atoms with Crippen LogP contribution in [0.5, 0.6) is 5.75 Å². The highest BCUT2D eigenvalue weighted by Gasteiger charge is 2.32. The number of ether oxygens (including phenoxy) is 1. The second-order valence-electron chi connectivity index (χ2n) is 6.55. The Labute approximate surface area is 149 Å². The van der Waals surface area contributed by atoms with E-state index in [0.29, 0.717) is 25.9 Å². The van der Waals surface area contributed by atoms with E-state index in [1.807, 2.05) is 31.2 Å². The molecule has 140 valence electrons. The predicted molar refractivity (Wildman–Crippen MR) is 94.7 cm³/mol. The number of aliphatic carboxylic acids is 1. The summed E-state index contributed by atoms with van der Waals surface area (Å²) in [6.45, 7) is 2.69. The van der Waals surface area contributed by atoms with Crippen LogP contribution in [0.2, 0.25) is 0 Å². The molecule has 0 bridgehead atoms. The van der Waals surface area contributed by atoms with Gasteiger partial charge in [-0.25, -0.2) is 4.72 Å². The molecule has 1 aliphatic heterocycles. The largest absolute Gasteiger partial charge is 0.497 e. The highest BCUT2D eigenvalue weighted by atomic mass is 32.2. The van der Waals surface area contributed by atoms with Gasteiger partial charge in [-0.1, -0.05) is 19.1 Å². The van der Waals surface area contributed by atoms with Gasteiger partial charge in [0.15, 0.2) is 0 Å². The first kappa shape index (κ1) is 19.7. The van der Waals surface area contributed by atoms with Crippen LogP contribution < -0.4 is 9.46 Å². The molecule has 2 N–H and O–H groups in total. The SMILES string of the molecule is COc1ccc(CC(C)CNS(=O)(=O)N2CCCC(C(=O)O)C2)cc1. The fraction of sp³-hybridized carbons (Fsp3) is 0.588. The number of rotatable bonds is 8. The summed E-state index contributed by atoms with van der Waals surface area (Å²) in [7, 11) is -2.03. The smallest absolute Gasteiger partial charge is 0.307 e. The van der Waals surface area contributed by atoms with Crippen molar-refractivity contribution in [2.24, 2.45) is 11.8 Å². The van der Waals surface area contributed by atoms with E-state index in [-0.39, 0.29) is 12.5 Å². The third-order valence-electron chi connectivity index (χ3n) is 4.43. The van der Waals surface area contributed by atoms with E-state index in [1.54, 1.807) is 7.11 Å². The average molecular weight is 370 g/mol. The number of hydrogen-bond acceptors (Lipinski definition) is 4. The van der Waals surface area contributed by atoms with Crippen LogP contribution in [0.3, 0.4) is 0 Å². The van der Waals surface area contributed by atoms with Crippen molar-refractivity contribution in [2.75, 3.05) is 26.7 Å². The molecule has 0 aromatic heterocycles. The number of piperidine rings is 1. The zero-order valence-electron chi connectivity index (χ0n) is 14.6. The topological polar surface area (TPSA) is 95.9 Å². The zero-order valence-corrected chi connectivity index (χ0v) is 15.5. The maximum absolute atomic E-state index is 12.4. The van der Waals surface area contributed by atoms with Crippen LogP contribution in [0.15, 0.2) is 24.3 Å². The molecule has 1 heterocycles. The summed E-state index contributed by atoms with van der Waals surface area (Å²) in [5, 5.41) is 9.09. The van der Waals surface area contributed by atoms with Crippen LogP contribution in [0, 0.1) is 11.8 Å². The normalized spacial score (nSPS) is 20.2. The summed E-state index contributed by atoms with van der Waals surface area (Å²) >= 11 is 0. The zero-order chi connectivity index (χ0) is 18.4. The maximum Gasteiger partial charge on any atom is 0.307 e. The molecule has 0 aliphatic carbocycles. The summed E-state index contributed by atoms with van der Waals surface area (Å²) < 4.78 is 33.8. The van der Waals surface area contributed by atoms with Gasteiger partial charge >= 0.3 is 5.97 Å². The lowest BCUT2D eigenvalue weighted by Crippen LogP contribution is -2.48. The van der Waals surface area contributed by atoms with Gasteiger partial charge in [0.2, 0.25) is 0 Å². The third-order valence-corrected chi connectivity index (χ3v) is 5.97. The van der Waals surface area contributed by atoms with Crippen molar-refractivity contribution in [3.63, 3.8) is 0 Å². The van der Waals surface area contributed by atoms with Gasteiger partial charge in [0.1, 0.15) is 5.75 Å². The molecular weight excluding hydrogens is 344 g/mol. The van der Waals surface area contributed by atoms with Crippen molar-refractivity contribution < 1.29 is 23.1 Å². The van der Waals surface area contributed by atoms with Crippen molar-refractivity contribution in [3.05, 3.63) is 29.8 Å². The van der Waals surface area contributed by atoms with Gasteiger partial charge in [-0.15, -0.1) is 0 Å². The van der Waals surface area contributed by atoms with E-state index < -0.39 is 22.1 Å². The Bertz CT molecular complexity index is 675. The second-order valence-corrected chi connectivity index (χ2v) is 8.30. The number of nitrogens with one attached hydrogen (secondary N) is 1. The Balaban J connectivity index is 1.86. The van der Waals surface area contributed by atoms with Crippen LogP contribution in [0.1, 0.15) is 25.3 Å². The Morgan fingerprint density at radius 2 is 2.08 bits per heavy atom. The van der Waals surface area contributed by atoms with E-state index in [4.69, 9.17) is 9.84 Å². The standard InChI is InChI=1S/C17H26N2O5S/c1-13(10-14-5-7-16(24-2)8-6-14)11-18-25(22,23)19-9-3-4-15(12-19)17(20)21/h5-8,13,15,18H,3-4,9-12H2,1-2H3,(H,20,21). The molecule has 0 amide bonds. The molecule has 1 aromatic rings. The van der Waals surface area contributed by atoms with E-state index in [9.17, 15) is 13.2 Å². The summed E-state index contributed by atoms with van der Waals surface area (Å²) in [6, 6.07) is 7.69. The Kier molecular flexibility index (Phi) is 6.80. The molecule has 0 saturated carbocycles. The molecule has 0 spiro atoms. The molecule has 2 rings (SSSR count). The van der Waals surface area contributed by atoms with Crippen molar-refractivity contribution in [2.45, 2.75) is 26.2 Å². The minimum absolute atomic E-state index is 0.0392. The van der Waals surface area contributed by atoms with Crippen molar-refractivity contribution in [1.82, 2.24) is 9.03 Å². The Morgan fingerprint density at radius 1 is 1.40 bits per heavy atom. The van der Waals surface area contributed by atoms with Crippen LogP contribution in [-0.2, 0) is 21.4 Å². The fourth-order valence-electron chi connectivity index (χ4n) is 2.94. The van der Waals surface area contributed by atoms with Crippen molar-refractivity contribution in [1.29, 1.82) is 0 Å². The molecule has 8 heteroatoms. The number of nitrogens with zero attached hydrogens (tertiary/aromatic N) is 1. The van der Waals surface area contributed by atoms with E-state index >= 15 is 0 Å². The van der Waals surface area contributed by atoms with Crippen molar-refractivity contribution in [3.8, 4) is 5.75 Å². The average Bonchev–Trinajstić information content (AvgIpc) is 2.61. The molecule has 0 radical (unpaired) electrons. The molecule has 1 fully saturated rings. The number of benzene rings is 1. The number of carboxylic acid groups (broad SMARTS) is 1. The molecule has 1 aromatic carbocycles. The summed E-state index contributed by atoms with van der Waals surface area (Å²) in [5.74, 6) is -0.659. The van der Waals surface area contributed by atoms with Gasteiger partial charge in [0.25, 0.3) is 10.2 Å². The summed E-state index contributed by atoms with van der Waals surface area (Å²) in [5.41, 5.74) is 1.11. The maximum atomic E-state index is 12.4. The van der Waals surface area contributed by atoms with Gasteiger partial charge in [-0.2, -0.15) is 12.7 Å². The molecule has 7 nitrogen and oxygen atoms in total. The summed E-state index contributed by atoms with van der Waals surface area (Å²) in [6.07, 6.45) is 1.83. The minimum atomic E-state index is -3.65. The van der Waals surface area contributed by atoms with Gasteiger partial charge in [-0.3, -0.25) is 4.79 Å². The molecule has 2 atom stereocenters. The van der Waals surface area contributed by atoms with Crippen LogP contribution in [0.25, 0.3) is 0 Å². The first-order chi connectivity index (χ1) is 11.8. The number of hydrogen-bond donors (Lipinski definition) is 2. The Morgan fingerprint density at radius 3 is 2.68 bits per heavy atom. The number of carboxylic acids is 1. The molecular formula is C17H26N2O5S. The Hall–Kier alpha value is -1.64. The van der Waals surface area contributed by atoms with E-state index in [1.165, 1.54) is 4.31 Å². The minimum Gasteiger partial charge on any atom is -0.497 e. The number of carbonyl (C=O) groups is 1. The van der Waals surface area contributed by atoms with Crippen LogP contribution >= 0.6 is 0 Å². The number of methoxy groups -OCH3 is 1. The van der Waals surface area contributed by atoms with Crippen LogP contribution in [0.4, 0.5) is 0 Å². The molecule has 1 aliphatic rings. The first-order valence-electron chi connectivity index (χ1n) is 8.42. The quantitative estimate of drug-likeness (QED) is 0.723. The van der Waals surface area contributed by atoms with E-state index in [2.05, 4.69) is 4.72 Å². The molecule has 2 unspecified atom stereocenters. The van der Waals surface area contributed by atoms with Crippen LogP contribution in [-0.4, -0.2) is 50.5 Å². The highest BCUT2D eigenvalue weighted by Crippen LogP contribution is 2.19. The van der Waals surface area contributed by atoms with Gasteiger partial charge in [-0.05, 0) is 42.9 Å². The van der Waals surface area contributed by atoms with E-state index in [0.717, 1.165) is 17.7 Å². The third kappa shape index (κ3) is 5.69. The lowest BCUT2D eigenvalue weighted by molar-refractivity contribution is -0.142. The lowest BCUT2D eigenvalue weighted by Gasteiger charge is -2.30. The highest BCUT2D eigenvalue weighted by molar-refractivity contribution is 7.87. The first-order valence-corrected chi connectivity index (χ1v) is 9.86. The second kappa shape index (κ2) is 8.64. The predicted octanol–water partition coefficient (Wildman–Crippen LogP) is 1.50. The molecule has 1 saturated heterocycles.